The molecule has 1 aromatic rings. The van der Waals surface area contributed by atoms with Crippen LogP contribution in [0, 0.1) is 0 Å². The summed E-state index contributed by atoms with van der Waals surface area (Å²) in [7, 11) is 3.31. The summed E-state index contributed by atoms with van der Waals surface area (Å²) in [4.78, 5) is 28.2. The number of hydrogen-bond acceptors (Lipinski definition) is 4. The molecule has 9 heteroatoms. The average Bonchev–Trinajstić information content (AvgIpc) is 2.71. The molecule has 0 unspecified atom stereocenters. The van der Waals surface area contributed by atoms with Crippen molar-refractivity contribution in [2.45, 2.75) is 65.1 Å². The van der Waals surface area contributed by atoms with Crippen LogP contribution in [0.15, 0.2) is 29.3 Å². The number of carbonyl (C=O) groups excluding carboxylic acids is 2. The number of rotatable bonds is 8. The Labute approximate surface area is 203 Å². The first-order valence-corrected chi connectivity index (χ1v) is 10.3. The molecule has 31 heavy (non-hydrogen) atoms. The third-order valence-electron chi connectivity index (χ3n) is 4.84. The molecule has 4 N–H and O–H groups in total. The van der Waals surface area contributed by atoms with Crippen molar-refractivity contribution in [2.24, 2.45) is 4.99 Å². The molecule has 0 spiro atoms. The highest BCUT2D eigenvalue weighted by Crippen LogP contribution is 2.16. The largest absolute Gasteiger partial charge is 0.444 e. The van der Waals surface area contributed by atoms with Crippen LogP contribution in [-0.2, 0) is 11.3 Å². The second-order valence-corrected chi connectivity index (χ2v) is 8.17. The summed E-state index contributed by atoms with van der Waals surface area (Å²) in [5.74, 6) is 0.516. The Kier molecular flexibility index (Phi) is 12.5. The van der Waals surface area contributed by atoms with E-state index in [0.29, 0.717) is 24.6 Å². The minimum atomic E-state index is -0.546. The first-order valence-electron chi connectivity index (χ1n) is 10.3. The van der Waals surface area contributed by atoms with Gasteiger partial charge in [0.15, 0.2) is 5.96 Å². The zero-order valence-corrected chi connectivity index (χ0v) is 22.0. The molecular weight excluding hydrogens is 509 g/mol. The SMILES string of the molecule is CCC(CC)(CNC(=NC)NCc1ccc(C(=O)NC)cc1)NC(=O)OC(C)(C)C.I. The fraction of sp³-hybridized carbons (Fsp3) is 0.591. The summed E-state index contributed by atoms with van der Waals surface area (Å²) in [5.41, 5.74) is 0.646. The number of carbonyl (C=O) groups is 2. The topological polar surface area (TPSA) is 104 Å². The van der Waals surface area contributed by atoms with Gasteiger partial charge < -0.3 is 26.0 Å². The fourth-order valence-electron chi connectivity index (χ4n) is 2.82. The minimum Gasteiger partial charge on any atom is -0.444 e. The Morgan fingerprint density at radius 1 is 1.03 bits per heavy atom. The molecule has 0 radical (unpaired) electrons. The Balaban J connectivity index is 0.00000900. The van der Waals surface area contributed by atoms with E-state index in [-0.39, 0.29) is 29.9 Å². The molecule has 0 aliphatic carbocycles. The monoisotopic (exact) mass is 547 g/mol. The minimum absolute atomic E-state index is 0. The maximum absolute atomic E-state index is 12.3. The Hall–Kier alpha value is -2.04. The van der Waals surface area contributed by atoms with Gasteiger partial charge in [-0.2, -0.15) is 0 Å². The second-order valence-electron chi connectivity index (χ2n) is 8.17. The van der Waals surface area contributed by atoms with Crippen molar-refractivity contribution in [3.8, 4) is 0 Å². The van der Waals surface area contributed by atoms with Gasteiger partial charge in [-0.3, -0.25) is 9.79 Å². The van der Waals surface area contributed by atoms with Crippen molar-refractivity contribution in [3.05, 3.63) is 35.4 Å². The highest BCUT2D eigenvalue weighted by molar-refractivity contribution is 14.0. The van der Waals surface area contributed by atoms with Crippen molar-refractivity contribution in [2.75, 3.05) is 20.6 Å². The third-order valence-corrected chi connectivity index (χ3v) is 4.84. The quantitative estimate of drug-likeness (QED) is 0.227. The van der Waals surface area contributed by atoms with Gasteiger partial charge >= 0.3 is 6.09 Å². The van der Waals surface area contributed by atoms with E-state index in [2.05, 4.69) is 26.3 Å². The van der Waals surface area contributed by atoms with E-state index in [1.807, 2.05) is 46.8 Å². The van der Waals surface area contributed by atoms with Crippen molar-refractivity contribution < 1.29 is 14.3 Å². The first-order chi connectivity index (χ1) is 14.1. The van der Waals surface area contributed by atoms with E-state index in [4.69, 9.17) is 4.74 Å². The van der Waals surface area contributed by atoms with E-state index >= 15 is 0 Å². The molecule has 0 fully saturated rings. The van der Waals surface area contributed by atoms with Crippen LogP contribution in [0.4, 0.5) is 4.79 Å². The predicted molar refractivity (Wildman–Crippen MR) is 136 cm³/mol. The van der Waals surface area contributed by atoms with Crippen molar-refractivity contribution >= 4 is 41.9 Å². The molecule has 176 valence electrons. The van der Waals surface area contributed by atoms with E-state index in [1.165, 1.54) is 0 Å². The summed E-state index contributed by atoms with van der Waals surface area (Å²) in [6.45, 7) is 10.7. The van der Waals surface area contributed by atoms with Gasteiger partial charge in [-0.1, -0.05) is 26.0 Å². The number of guanidine groups is 1. The smallest absolute Gasteiger partial charge is 0.408 e. The molecule has 0 aliphatic rings. The van der Waals surface area contributed by atoms with Crippen LogP contribution < -0.4 is 21.3 Å². The van der Waals surface area contributed by atoms with Crippen LogP contribution in [0.2, 0.25) is 0 Å². The first kappa shape index (κ1) is 29.0. The molecule has 0 saturated heterocycles. The highest BCUT2D eigenvalue weighted by atomic mass is 127. The van der Waals surface area contributed by atoms with Crippen LogP contribution in [0.3, 0.4) is 0 Å². The summed E-state index contributed by atoms with van der Waals surface area (Å²) < 4.78 is 5.42. The van der Waals surface area contributed by atoms with Gasteiger partial charge in [0.1, 0.15) is 5.60 Å². The number of aliphatic imine (C=N–C) groups is 1. The molecule has 0 heterocycles. The summed E-state index contributed by atoms with van der Waals surface area (Å²) in [5, 5.41) is 12.2. The van der Waals surface area contributed by atoms with Gasteiger partial charge in [0.05, 0.1) is 5.54 Å². The lowest BCUT2D eigenvalue weighted by Gasteiger charge is -2.34. The van der Waals surface area contributed by atoms with Gasteiger partial charge in [0.2, 0.25) is 0 Å². The van der Waals surface area contributed by atoms with Gasteiger partial charge in [-0.15, -0.1) is 24.0 Å². The number of alkyl carbamates (subject to hydrolysis) is 1. The number of nitrogens with one attached hydrogen (secondary N) is 4. The molecular formula is C22H38IN5O3. The Morgan fingerprint density at radius 2 is 1.61 bits per heavy atom. The summed E-state index contributed by atoms with van der Waals surface area (Å²) in [6, 6.07) is 7.38. The predicted octanol–water partition coefficient (Wildman–Crippen LogP) is 3.41. The van der Waals surface area contributed by atoms with Crippen LogP contribution in [0.5, 0.6) is 0 Å². The molecule has 0 saturated carbocycles. The van der Waals surface area contributed by atoms with Crippen molar-refractivity contribution in [3.63, 3.8) is 0 Å². The van der Waals surface area contributed by atoms with Gasteiger partial charge in [-0.25, -0.2) is 4.79 Å². The standard InChI is InChI=1S/C22H37N5O3.HI/c1-8-22(9-2,27-20(29)30-21(3,4)5)15-26-19(24-7)25-14-16-10-12-17(13-11-16)18(28)23-6;/h10-13H,8-9,14-15H2,1-7H3,(H,23,28)(H,27,29)(H2,24,25,26);1H. The van der Waals surface area contributed by atoms with Crippen LogP contribution in [0.1, 0.15) is 63.4 Å². The maximum atomic E-state index is 12.3. The Bertz CT molecular complexity index is 726. The number of amides is 2. The van der Waals surface area contributed by atoms with Crippen LogP contribution in [-0.4, -0.2) is 49.7 Å². The zero-order chi connectivity index (χ0) is 22.8. The van der Waals surface area contributed by atoms with Crippen molar-refractivity contribution in [1.82, 2.24) is 21.3 Å². The second kappa shape index (κ2) is 13.4. The zero-order valence-electron chi connectivity index (χ0n) is 19.7. The summed E-state index contributed by atoms with van der Waals surface area (Å²) >= 11 is 0. The number of ether oxygens (including phenoxy) is 1. The number of benzene rings is 1. The van der Waals surface area contributed by atoms with Crippen LogP contribution in [0.25, 0.3) is 0 Å². The fourth-order valence-corrected chi connectivity index (χ4v) is 2.82. The van der Waals surface area contributed by atoms with Gasteiger partial charge in [0, 0.05) is 32.7 Å². The molecule has 0 atom stereocenters. The molecule has 1 rings (SSSR count). The van der Waals surface area contributed by atoms with Crippen molar-refractivity contribution in [1.29, 1.82) is 0 Å². The lowest BCUT2D eigenvalue weighted by molar-refractivity contribution is 0.0448. The highest BCUT2D eigenvalue weighted by Gasteiger charge is 2.30. The average molecular weight is 547 g/mol. The Morgan fingerprint density at radius 3 is 2.06 bits per heavy atom. The van der Waals surface area contributed by atoms with E-state index < -0.39 is 17.2 Å². The van der Waals surface area contributed by atoms with Gasteiger partial charge in [0.25, 0.3) is 5.91 Å². The molecule has 2 amide bonds. The third kappa shape index (κ3) is 10.2. The normalized spacial score (nSPS) is 11.8. The van der Waals surface area contributed by atoms with E-state index in [9.17, 15) is 9.59 Å². The molecule has 0 aromatic heterocycles. The van der Waals surface area contributed by atoms with E-state index in [1.54, 1.807) is 26.2 Å². The molecule has 0 aliphatic heterocycles. The number of halogens is 1. The molecule has 8 nitrogen and oxygen atoms in total. The molecule has 0 bridgehead atoms. The lowest BCUT2D eigenvalue weighted by Crippen LogP contribution is -2.57. The maximum Gasteiger partial charge on any atom is 0.408 e. The van der Waals surface area contributed by atoms with Crippen LogP contribution >= 0.6 is 24.0 Å². The number of nitrogens with zero attached hydrogens (tertiary/aromatic N) is 1. The van der Waals surface area contributed by atoms with Gasteiger partial charge in [-0.05, 0) is 51.3 Å². The summed E-state index contributed by atoms with van der Waals surface area (Å²) in [6.07, 6.45) is 1.06. The molecule has 1 aromatic carbocycles. The lowest BCUT2D eigenvalue weighted by atomic mass is 9.93. The number of hydrogen-bond donors (Lipinski definition) is 4. The van der Waals surface area contributed by atoms with E-state index in [0.717, 1.165) is 18.4 Å².